The largest absolute Gasteiger partial charge is 0.454 e. The maximum Gasteiger partial charge on any atom is 0.306 e. The van der Waals surface area contributed by atoms with Gasteiger partial charge in [-0.25, -0.2) is 0 Å². The molecule has 0 aliphatic carbocycles. The molecule has 1 saturated heterocycles. The Kier molecular flexibility index (Phi) is 51.6. The third-order valence-corrected chi connectivity index (χ3v) is 15.5. The number of ether oxygens (including phenoxy) is 3. The third-order valence-electron chi connectivity index (χ3n) is 15.5. The molecule has 0 bridgehead atoms. The molecular formula is C66H123NO10. The fraction of sp³-hybridized carbons (Fsp3) is 0.879. The molecule has 11 nitrogen and oxygen atoms in total. The topological polar surface area (TPSA) is 175 Å². The van der Waals surface area contributed by atoms with Gasteiger partial charge in [-0.15, -0.1) is 0 Å². The van der Waals surface area contributed by atoms with E-state index in [1.807, 2.05) is 6.08 Å². The van der Waals surface area contributed by atoms with E-state index < -0.39 is 67.4 Å². The fourth-order valence-corrected chi connectivity index (χ4v) is 10.3. The Morgan fingerprint density at radius 2 is 0.896 bits per heavy atom. The van der Waals surface area contributed by atoms with Gasteiger partial charge >= 0.3 is 5.97 Å². The highest BCUT2D eigenvalue weighted by atomic mass is 16.7. The summed E-state index contributed by atoms with van der Waals surface area (Å²) in [6.07, 6.45) is 54.9. The van der Waals surface area contributed by atoms with E-state index in [0.29, 0.717) is 19.3 Å². The Morgan fingerprint density at radius 1 is 0.506 bits per heavy atom. The lowest BCUT2D eigenvalue weighted by atomic mass is 9.99. The summed E-state index contributed by atoms with van der Waals surface area (Å²) >= 11 is 0. The second kappa shape index (κ2) is 54.5. The molecule has 77 heavy (non-hydrogen) atoms. The quantitative estimate of drug-likeness (QED) is 0.0195. The second-order valence-corrected chi connectivity index (χ2v) is 22.9. The summed E-state index contributed by atoms with van der Waals surface area (Å²) in [7, 11) is 0. The molecule has 1 aliphatic heterocycles. The van der Waals surface area contributed by atoms with Crippen molar-refractivity contribution in [2.24, 2.45) is 0 Å². The Hall–Kier alpha value is -2.12. The van der Waals surface area contributed by atoms with Gasteiger partial charge in [0.1, 0.15) is 24.4 Å². The summed E-state index contributed by atoms with van der Waals surface area (Å²) in [5.74, 6) is -1.18. The highest BCUT2D eigenvalue weighted by Crippen LogP contribution is 2.26. The number of hydrogen-bond acceptors (Lipinski definition) is 10. The van der Waals surface area contributed by atoms with Crippen molar-refractivity contribution in [3.8, 4) is 0 Å². The van der Waals surface area contributed by atoms with E-state index in [1.165, 1.54) is 199 Å². The van der Waals surface area contributed by atoms with E-state index in [9.17, 15) is 35.1 Å². The van der Waals surface area contributed by atoms with Crippen LogP contribution >= 0.6 is 0 Å². The van der Waals surface area contributed by atoms with Gasteiger partial charge in [0.2, 0.25) is 5.91 Å². The summed E-state index contributed by atoms with van der Waals surface area (Å²) in [6.45, 7) is 5.77. The van der Waals surface area contributed by atoms with Crippen molar-refractivity contribution >= 4 is 11.9 Å². The lowest BCUT2D eigenvalue weighted by molar-refractivity contribution is -0.305. The Balaban J connectivity index is 2.53. The van der Waals surface area contributed by atoms with Crippen molar-refractivity contribution in [1.82, 2.24) is 5.32 Å². The number of unbranched alkanes of at least 4 members (excludes halogenated alkanes) is 38. The summed E-state index contributed by atoms with van der Waals surface area (Å²) in [4.78, 5) is 26.5. The molecular weight excluding hydrogens is 967 g/mol. The van der Waals surface area contributed by atoms with E-state index in [4.69, 9.17) is 14.2 Å². The maximum absolute atomic E-state index is 13.4. The van der Waals surface area contributed by atoms with Crippen LogP contribution in [0.2, 0.25) is 0 Å². The predicted octanol–water partition coefficient (Wildman–Crippen LogP) is 15.8. The lowest BCUT2D eigenvalue weighted by Gasteiger charge is -2.41. The molecule has 11 heteroatoms. The van der Waals surface area contributed by atoms with E-state index in [0.717, 1.165) is 64.2 Å². The highest BCUT2D eigenvalue weighted by Gasteiger charge is 2.47. The van der Waals surface area contributed by atoms with Gasteiger partial charge in [-0.2, -0.15) is 0 Å². The van der Waals surface area contributed by atoms with Crippen LogP contribution in [0.1, 0.15) is 310 Å². The van der Waals surface area contributed by atoms with Crippen molar-refractivity contribution < 1.29 is 49.3 Å². The molecule has 1 heterocycles. The number of nitrogens with one attached hydrogen (secondary N) is 1. The summed E-state index contributed by atoms with van der Waals surface area (Å²) < 4.78 is 17.6. The molecule has 1 rings (SSSR count). The molecule has 452 valence electrons. The Morgan fingerprint density at radius 3 is 1.35 bits per heavy atom. The normalized spacial score (nSPS) is 19.2. The average molecular weight is 1090 g/mol. The summed E-state index contributed by atoms with van der Waals surface area (Å²) in [5.41, 5.74) is 0. The van der Waals surface area contributed by atoms with Gasteiger partial charge in [0.25, 0.3) is 0 Å². The standard InChI is InChI=1S/C66H123NO10/c1-4-7-10-13-16-19-22-23-24-25-26-27-28-29-30-31-32-33-34-35-36-39-41-44-47-50-53-59(70)65(74)67-57(58(69)52-49-46-43-40-37-20-17-14-11-8-5-2)56-75-66-64(63(73)62(72)60(55-68)76-66)77-61(71)54-51-48-45-42-38-21-18-15-12-9-6-3/h16,19,23-24,49,52,57-60,62-64,66,68-70,72-73H,4-15,17-18,20-22,25-48,50-51,53-56H2,1-3H3,(H,67,74)/b19-16-,24-23-,52-49+. The molecule has 0 aromatic rings. The number of rotatable bonds is 56. The lowest BCUT2D eigenvalue weighted by Crippen LogP contribution is -2.61. The summed E-state index contributed by atoms with van der Waals surface area (Å²) in [6, 6.07) is -1.02. The van der Waals surface area contributed by atoms with Crippen LogP contribution in [-0.4, -0.2) is 99.6 Å². The molecule has 1 fully saturated rings. The minimum Gasteiger partial charge on any atom is -0.454 e. The van der Waals surface area contributed by atoms with Gasteiger partial charge in [0, 0.05) is 6.42 Å². The molecule has 0 spiro atoms. The number of esters is 1. The van der Waals surface area contributed by atoms with Crippen molar-refractivity contribution in [3.05, 3.63) is 36.5 Å². The Labute approximate surface area is 473 Å². The first-order valence-corrected chi connectivity index (χ1v) is 32.8. The number of hydrogen-bond donors (Lipinski definition) is 6. The van der Waals surface area contributed by atoms with E-state index in [-0.39, 0.29) is 13.0 Å². The third kappa shape index (κ3) is 42.4. The predicted molar refractivity (Wildman–Crippen MR) is 320 cm³/mol. The molecule has 8 unspecified atom stereocenters. The van der Waals surface area contributed by atoms with Gasteiger partial charge in [-0.3, -0.25) is 9.59 Å². The molecule has 0 aromatic carbocycles. The van der Waals surface area contributed by atoms with Crippen molar-refractivity contribution in [3.63, 3.8) is 0 Å². The van der Waals surface area contributed by atoms with Crippen LogP contribution in [0.25, 0.3) is 0 Å². The smallest absolute Gasteiger partial charge is 0.306 e. The zero-order valence-corrected chi connectivity index (χ0v) is 50.1. The van der Waals surface area contributed by atoms with Crippen LogP contribution < -0.4 is 5.32 Å². The van der Waals surface area contributed by atoms with Crippen molar-refractivity contribution in [2.75, 3.05) is 13.2 Å². The monoisotopic (exact) mass is 1090 g/mol. The van der Waals surface area contributed by atoms with E-state index in [1.54, 1.807) is 6.08 Å². The van der Waals surface area contributed by atoms with Crippen LogP contribution in [-0.2, 0) is 23.8 Å². The zero-order valence-electron chi connectivity index (χ0n) is 50.1. The molecule has 0 radical (unpaired) electrons. The number of allylic oxidation sites excluding steroid dienone is 5. The number of aliphatic hydroxyl groups is 5. The first-order valence-electron chi connectivity index (χ1n) is 32.8. The minimum atomic E-state index is -1.61. The first kappa shape index (κ1) is 72.9. The number of aliphatic hydroxyl groups excluding tert-OH is 5. The van der Waals surface area contributed by atoms with Crippen molar-refractivity contribution in [1.29, 1.82) is 0 Å². The zero-order chi connectivity index (χ0) is 56.1. The molecule has 0 aromatic heterocycles. The van der Waals surface area contributed by atoms with Crippen molar-refractivity contribution in [2.45, 2.75) is 359 Å². The first-order chi connectivity index (χ1) is 37.7. The SMILES string of the molecule is CCCCC/C=C\C/C=C\CCCCCCCCCCCCCCCCCCC(O)C(=O)NC(COC1OC(CO)C(O)C(O)C1OC(=O)CCCCCCCCCCCCC)C(O)/C=C/CCCCCCCCCCC. The number of amides is 1. The molecule has 8 atom stereocenters. The molecule has 6 N–H and O–H groups in total. The van der Waals surface area contributed by atoms with Gasteiger partial charge in [0.05, 0.1) is 25.4 Å². The van der Waals surface area contributed by atoms with Gasteiger partial charge in [0.15, 0.2) is 12.4 Å². The van der Waals surface area contributed by atoms with Crippen LogP contribution in [0.4, 0.5) is 0 Å². The molecule has 1 aliphatic rings. The van der Waals surface area contributed by atoms with Gasteiger partial charge < -0.3 is 45.1 Å². The molecule has 0 saturated carbocycles. The van der Waals surface area contributed by atoms with Gasteiger partial charge in [-0.05, 0) is 57.8 Å². The van der Waals surface area contributed by atoms with E-state index >= 15 is 0 Å². The minimum absolute atomic E-state index is 0.128. The molecule has 1 amide bonds. The van der Waals surface area contributed by atoms with Crippen LogP contribution in [0.3, 0.4) is 0 Å². The average Bonchev–Trinajstić information content (AvgIpc) is 3.43. The fourth-order valence-electron chi connectivity index (χ4n) is 10.3. The second-order valence-electron chi connectivity index (χ2n) is 22.9. The maximum atomic E-state index is 13.4. The van der Waals surface area contributed by atoms with Crippen LogP contribution in [0.5, 0.6) is 0 Å². The van der Waals surface area contributed by atoms with Gasteiger partial charge in [-0.1, -0.05) is 282 Å². The highest BCUT2D eigenvalue weighted by molar-refractivity contribution is 5.80. The van der Waals surface area contributed by atoms with Crippen LogP contribution in [0.15, 0.2) is 36.5 Å². The van der Waals surface area contributed by atoms with Crippen LogP contribution in [0, 0.1) is 0 Å². The summed E-state index contributed by atoms with van der Waals surface area (Å²) in [5, 5.41) is 56.9. The Bertz CT molecular complexity index is 1390. The van der Waals surface area contributed by atoms with E-state index in [2.05, 4.69) is 50.4 Å². The number of carbonyl (C=O) groups is 2. The number of carbonyl (C=O) groups excluding carboxylic acids is 2.